The number of hydrogen-bond donors (Lipinski definition) is 2. The molecule has 1 aromatic carbocycles. The number of amides is 1. The topological polar surface area (TPSA) is 78.5 Å². The predicted octanol–water partition coefficient (Wildman–Crippen LogP) is 3.91. The number of rotatable bonds is 6. The number of anilines is 1. The van der Waals surface area contributed by atoms with Gasteiger partial charge in [-0.3, -0.25) is 4.79 Å². The van der Waals surface area contributed by atoms with E-state index in [9.17, 15) is 13.2 Å². The number of aryl methyl sites for hydroxylation is 1. The van der Waals surface area contributed by atoms with Gasteiger partial charge >= 0.3 is 0 Å². The Morgan fingerprint density at radius 2 is 1.71 bits per heavy atom. The third-order valence-electron chi connectivity index (χ3n) is 8.14. The Labute approximate surface area is 187 Å². The molecule has 0 aromatic heterocycles. The first-order valence-electron chi connectivity index (χ1n) is 11.8. The summed E-state index contributed by atoms with van der Waals surface area (Å²) in [5, 5.41) is 3.11. The first-order chi connectivity index (χ1) is 14.7. The van der Waals surface area contributed by atoms with Gasteiger partial charge in [0.05, 0.1) is 4.90 Å². The minimum absolute atomic E-state index is 0.0982. The van der Waals surface area contributed by atoms with Gasteiger partial charge in [0.1, 0.15) is 0 Å². The number of carbonyl (C=O) groups is 1. The molecule has 3 saturated carbocycles. The second-order valence-electron chi connectivity index (χ2n) is 10.2. The summed E-state index contributed by atoms with van der Waals surface area (Å²) in [6.45, 7) is 5.84. The molecule has 2 N–H and O–H groups in total. The molecule has 3 aliphatic carbocycles. The maximum Gasteiger partial charge on any atom is 0.240 e. The molecule has 0 unspecified atom stereocenters. The Hall–Kier alpha value is -1.44. The molecule has 0 spiro atoms. The Bertz CT molecular complexity index is 900. The number of nitrogens with zero attached hydrogens (tertiary/aromatic N) is 1. The van der Waals surface area contributed by atoms with Gasteiger partial charge in [-0.05, 0) is 121 Å². The minimum atomic E-state index is -3.60. The van der Waals surface area contributed by atoms with Gasteiger partial charge in [0.2, 0.25) is 15.9 Å². The van der Waals surface area contributed by atoms with Gasteiger partial charge in [0.15, 0.2) is 0 Å². The average Bonchev–Trinajstić information content (AvgIpc) is 2.76. The number of carbonyl (C=O) groups excluding carboxylic acids is 1. The molecule has 1 aliphatic heterocycles. The van der Waals surface area contributed by atoms with E-state index in [-0.39, 0.29) is 22.3 Å². The number of fused-ring (bicyclic) bond motifs is 3. The van der Waals surface area contributed by atoms with E-state index in [0.717, 1.165) is 81.6 Å². The summed E-state index contributed by atoms with van der Waals surface area (Å²) in [6, 6.07) is 4.93. The van der Waals surface area contributed by atoms with Crippen LogP contribution >= 0.6 is 0 Å². The zero-order valence-electron chi connectivity index (χ0n) is 19.1. The van der Waals surface area contributed by atoms with Crippen LogP contribution in [0.2, 0.25) is 0 Å². The van der Waals surface area contributed by atoms with Crippen LogP contribution in [0, 0.1) is 24.2 Å². The van der Waals surface area contributed by atoms with Crippen molar-refractivity contribution >= 4 is 21.6 Å². The van der Waals surface area contributed by atoms with Gasteiger partial charge < -0.3 is 10.2 Å². The van der Waals surface area contributed by atoms with Crippen LogP contribution in [0.25, 0.3) is 0 Å². The Morgan fingerprint density at radius 1 is 1.10 bits per heavy atom. The Morgan fingerprint density at radius 3 is 2.29 bits per heavy atom. The van der Waals surface area contributed by atoms with Crippen LogP contribution < -0.4 is 10.0 Å². The highest BCUT2D eigenvalue weighted by Gasteiger charge is 2.45. The largest absolute Gasteiger partial charge is 0.325 e. The van der Waals surface area contributed by atoms with Crippen molar-refractivity contribution < 1.29 is 13.2 Å². The summed E-state index contributed by atoms with van der Waals surface area (Å²) in [5.41, 5.74) is 1.27. The van der Waals surface area contributed by atoms with E-state index in [1.54, 1.807) is 18.2 Å². The van der Waals surface area contributed by atoms with Gasteiger partial charge in [-0.1, -0.05) is 0 Å². The van der Waals surface area contributed by atoms with Crippen molar-refractivity contribution in [2.75, 3.05) is 25.5 Å². The van der Waals surface area contributed by atoms with Crippen LogP contribution in [0.4, 0.5) is 5.69 Å². The van der Waals surface area contributed by atoms with E-state index in [4.69, 9.17) is 0 Å². The van der Waals surface area contributed by atoms with E-state index in [1.165, 1.54) is 0 Å². The van der Waals surface area contributed by atoms with Crippen molar-refractivity contribution in [1.82, 2.24) is 9.62 Å². The molecule has 1 aromatic rings. The lowest BCUT2D eigenvalue weighted by atomic mass is 9.60. The second kappa shape index (κ2) is 8.83. The SMILES string of the molecule is Cc1cc(S(=O)(=O)N[C@H](C)C2CCN(C)CC2)ccc1NC(=O)C12CCC(CC1)CC2. The zero-order valence-corrected chi connectivity index (χ0v) is 19.9. The smallest absolute Gasteiger partial charge is 0.240 e. The molecule has 6 nitrogen and oxygen atoms in total. The van der Waals surface area contributed by atoms with E-state index in [0.29, 0.717) is 5.92 Å². The summed E-state index contributed by atoms with van der Waals surface area (Å²) in [4.78, 5) is 15.6. The standard InChI is InChI=1S/C24H37N3O3S/c1-17-16-21(31(29,30)26-18(2)20-9-14-27(3)15-10-20)4-5-22(17)25-23(28)24-11-6-19(7-12-24)8-13-24/h4-5,16,18-20,26H,6-15H2,1-3H3,(H,25,28)/t18-,19?,24?/m1/s1. The summed E-state index contributed by atoms with van der Waals surface area (Å²) < 4.78 is 28.8. The zero-order chi connectivity index (χ0) is 22.2. The van der Waals surface area contributed by atoms with Gasteiger partial charge in [-0.2, -0.15) is 0 Å². The van der Waals surface area contributed by atoms with Crippen LogP contribution in [0.1, 0.15) is 63.9 Å². The second-order valence-corrected chi connectivity index (χ2v) is 12.0. The number of benzene rings is 1. The van der Waals surface area contributed by atoms with E-state index in [1.807, 2.05) is 13.8 Å². The molecule has 2 bridgehead atoms. The lowest BCUT2D eigenvalue weighted by molar-refractivity contribution is -0.131. The van der Waals surface area contributed by atoms with Crippen LogP contribution in [0.3, 0.4) is 0 Å². The fraction of sp³-hybridized carbons (Fsp3) is 0.708. The molecule has 4 aliphatic rings. The molecule has 1 atom stereocenters. The minimum Gasteiger partial charge on any atom is -0.325 e. The average molecular weight is 448 g/mol. The molecule has 7 heteroatoms. The van der Waals surface area contributed by atoms with Crippen LogP contribution in [0.15, 0.2) is 23.1 Å². The van der Waals surface area contributed by atoms with Crippen molar-refractivity contribution in [1.29, 1.82) is 0 Å². The molecular weight excluding hydrogens is 410 g/mol. The predicted molar refractivity (Wildman–Crippen MR) is 123 cm³/mol. The maximum atomic E-state index is 13.1. The van der Waals surface area contributed by atoms with Crippen molar-refractivity contribution in [3.63, 3.8) is 0 Å². The van der Waals surface area contributed by atoms with E-state index >= 15 is 0 Å². The molecule has 0 radical (unpaired) electrons. The summed E-state index contributed by atoms with van der Waals surface area (Å²) in [7, 11) is -1.49. The summed E-state index contributed by atoms with van der Waals surface area (Å²) in [5.74, 6) is 1.28. The first kappa shape index (κ1) is 22.7. The van der Waals surface area contributed by atoms with Gasteiger partial charge in [0.25, 0.3) is 0 Å². The first-order valence-corrected chi connectivity index (χ1v) is 13.3. The van der Waals surface area contributed by atoms with Crippen LogP contribution in [-0.4, -0.2) is 45.4 Å². The highest BCUT2D eigenvalue weighted by Crippen LogP contribution is 2.50. The molecule has 4 fully saturated rings. The Balaban J connectivity index is 1.42. The summed E-state index contributed by atoms with van der Waals surface area (Å²) >= 11 is 0. The van der Waals surface area contributed by atoms with E-state index in [2.05, 4.69) is 22.0 Å². The fourth-order valence-corrected chi connectivity index (χ4v) is 7.12. The highest BCUT2D eigenvalue weighted by atomic mass is 32.2. The monoisotopic (exact) mass is 447 g/mol. The molecular formula is C24H37N3O3S. The number of nitrogens with one attached hydrogen (secondary N) is 2. The summed E-state index contributed by atoms with van der Waals surface area (Å²) in [6.07, 6.45) is 8.43. The molecule has 1 saturated heterocycles. The van der Waals surface area contributed by atoms with Crippen molar-refractivity contribution in [2.45, 2.75) is 76.2 Å². The lowest BCUT2D eigenvalue weighted by Crippen LogP contribution is -2.43. The molecule has 5 rings (SSSR count). The van der Waals surface area contributed by atoms with E-state index < -0.39 is 10.0 Å². The normalized spacial score (nSPS) is 28.4. The highest BCUT2D eigenvalue weighted by molar-refractivity contribution is 7.89. The maximum absolute atomic E-state index is 13.1. The van der Waals surface area contributed by atoms with Crippen molar-refractivity contribution in [3.8, 4) is 0 Å². The fourth-order valence-electron chi connectivity index (χ4n) is 5.73. The van der Waals surface area contributed by atoms with Crippen molar-refractivity contribution in [2.24, 2.45) is 17.3 Å². The number of piperidine rings is 1. The lowest BCUT2D eigenvalue weighted by Gasteiger charge is -2.45. The molecule has 31 heavy (non-hydrogen) atoms. The molecule has 1 amide bonds. The van der Waals surface area contributed by atoms with Crippen LogP contribution in [0.5, 0.6) is 0 Å². The third-order valence-corrected chi connectivity index (χ3v) is 9.70. The van der Waals surface area contributed by atoms with Gasteiger partial charge in [0, 0.05) is 17.1 Å². The number of likely N-dealkylation sites (tertiary alicyclic amines) is 1. The number of sulfonamides is 1. The van der Waals surface area contributed by atoms with Crippen LogP contribution in [-0.2, 0) is 14.8 Å². The van der Waals surface area contributed by atoms with Gasteiger partial charge in [-0.25, -0.2) is 13.1 Å². The van der Waals surface area contributed by atoms with Gasteiger partial charge in [-0.15, -0.1) is 0 Å². The van der Waals surface area contributed by atoms with Crippen molar-refractivity contribution in [3.05, 3.63) is 23.8 Å². The number of hydrogen-bond acceptors (Lipinski definition) is 4. The third kappa shape index (κ3) is 4.83. The Kier molecular flexibility index (Phi) is 6.48. The molecule has 172 valence electrons. The quantitative estimate of drug-likeness (QED) is 0.693. The molecule has 1 heterocycles.